The molecule has 0 saturated heterocycles. The lowest BCUT2D eigenvalue weighted by Crippen LogP contribution is -1.61. The van der Waals surface area contributed by atoms with E-state index in [2.05, 4.69) is 48.7 Å². The highest BCUT2D eigenvalue weighted by Gasteiger charge is 2.08. The second-order valence-corrected chi connectivity index (χ2v) is 4.55. The van der Waals surface area contributed by atoms with Crippen molar-refractivity contribution in [1.82, 2.24) is 0 Å². The third-order valence-electron chi connectivity index (χ3n) is 2.60. The van der Waals surface area contributed by atoms with Crippen molar-refractivity contribution in [2.24, 2.45) is 0 Å². The predicted octanol–water partition coefficient (Wildman–Crippen LogP) is 4.31. The molecule has 14 heavy (non-hydrogen) atoms. The average Bonchev–Trinajstić information content (AvgIpc) is 2.67. The fourth-order valence-electron chi connectivity index (χ4n) is 1.83. The van der Waals surface area contributed by atoms with Crippen molar-refractivity contribution in [1.29, 1.82) is 0 Å². The molecule has 0 atom stereocenters. The molecule has 0 unspecified atom stereocenters. The molecule has 1 aromatic heterocycles. The van der Waals surface area contributed by atoms with E-state index in [0.29, 0.717) is 0 Å². The minimum absolute atomic E-state index is 1.31. The zero-order chi connectivity index (χ0) is 9.54. The van der Waals surface area contributed by atoms with Gasteiger partial charge in [0.2, 0.25) is 0 Å². The molecular weight excluding hydrogens is 188 g/mol. The van der Waals surface area contributed by atoms with Crippen molar-refractivity contribution in [3.05, 3.63) is 47.3 Å². The Bertz CT molecular complexity index is 563. The number of aryl methyl sites for hydroxylation is 1. The standard InChI is InChI=1S/C13H10S/c1-9-2-4-10-8-11-6-7-14-13(11)12(10)5-3-9/h2-8H,1H3. The number of rotatable bonds is 0. The summed E-state index contributed by atoms with van der Waals surface area (Å²) in [6.07, 6.45) is 0. The highest BCUT2D eigenvalue weighted by atomic mass is 32.1. The Morgan fingerprint density at radius 1 is 1.00 bits per heavy atom. The second kappa shape index (κ2) is 2.82. The Morgan fingerprint density at radius 2 is 1.86 bits per heavy atom. The Hall–Kier alpha value is -1.34. The van der Waals surface area contributed by atoms with Crippen molar-refractivity contribution < 1.29 is 0 Å². The van der Waals surface area contributed by atoms with Gasteiger partial charge < -0.3 is 0 Å². The van der Waals surface area contributed by atoms with E-state index in [9.17, 15) is 0 Å². The molecule has 0 N–H and O–H groups in total. The maximum Gasteiger partial charge on any atom is 0.0421 e. The van der Waals surface area contributed by atoms with Crippen molar-refractivity contribution in [3.63, 3.8) is 0 Å². The van der Waals surface area contributed by atoms with Crippen LogP contribution in [0.1, 0.15) is 5.56 Å². The average molecular weight is 198 g/mol. The van der Waals surface area contributed by atoms with E-state index in [1.54, 1.807) is 0 Å². The fraction of sp³-hybridized carbons (Fsp3) is 0.0769. The van der Waals surface area contributed by atoms with Gasteiger partial charge in [-0.05, 0) is 40.9 Å². The predicted molar refractivity (Wildman–Crippen MR) is 63.2 cm³/mol. The summed E-state index contributed by atoms with van der Waals surface area (Å²) in [6.45, 7) is 2.13. The van der Waals surface area contributed by atoms with Gasteiger partial charge in [0.1, 0.15) is 0 Å². The van der Waals surface area contributed by atoms with Crippen LogP contribution in [0.15, 0.2) is 41.8 Å². The first-order valence-corrected chi connectivity index (χ1v) is 5.59. The van der Waals surface area contributed by atoms with Gasteiger partial charge in [-0.15, -0.1) is 11.3 Å². The van der Waals surface area contributed by atoms with Crippen LogP contribution in [0.3, 0.4) is 0 Å². The first-order chi connectivity index (χ1) is 6.84. The largest absolute Gasteiger partial charge is 0.143 e. The van der Waals surface area contributed by atoms with E-state index < -0.39 is 0 Å². The van der Waals surface area contributed by atoms with Gasteiger partial charge in [0.15, 0.2) is 0 Å². The topological polar surface area (TPSA) is 0 Å². The first kappa shape index (κ1) is 8.01. The normalized spacial score (nSPS) is 11.2. The Balaban J connectivity index is 2.48. The number of fused-ring (bicyclic) bond motifs is 3. The molecule has 0 radical (unpaired) electrons. The molecule has 2 aliphatic rings. The zero-order valence-electron chi connectivity index (χ0n) is 7.95. The molecule has 0 spiro atoms. The minimum atomic E-state index is 1.31. The molecule has 0 aromatic carbocycles. The van der Waals surface area contributed by atoms with Crippen LogP contribution in [0.4, 0.5) is 0 Å². The Morgan fingerprint density at radius 3 is 2.79 bits per heavy atom. The molecule has 1 aromatic rings. The molecule has 0 bridgehead atoms. The van der Waals surface area contributed by atoms with Crippen LogP contribution in [0.25, 0.3) is 21.2 Å². The van der Waals surface area contributed by atoms with Crippen molar-refractivity contribution in [2.45, 2.75) is 6.92 Å². The number of thiophene rings is 1. The zero-order valence-corrected chi connectivity index (χ0v) is 8.77. The van der Waals surface area contributed by atoms with Gasteiger partial charge in [-0.3, -0.25) is 0 Å². The SMILES string of the molecule is Cc1ccc2cc3ccsc3c-2cc1. The molecule has 2 aliphatic carbocycles. The van der Waals surface area contributed by atoms with Crippen molar-refractivity contribution >= 4 is 21.4 Å². The van der Waals surface area contributed by atoms with Crippen molar-refractivity contribution in [2.75, 3.05) is 0 Å². The van der Waals surface area contributed by atoms with Crippen molar-refractivity contribution in [3.8, 4) is 11.1 Å². The summed E-state index contributed by atoms with van der Waals surface area (Å²) in [5, 5.41) is 3.53. The van der Waals surface area contributed by atoms with Gasteiger partial charge >= 0.3 is 0 Å². The lowest BCUT2D eigenvalue weighted by Gasteiger charge is -1.88. The summed E-state index contributed by atoms with van der Waals surface area (Å²) in [6, 6.07) is 13.2. The monoisotopic (exact) mass is 198 g/mol. The van der Waals surface area contributed by atoms with E-state index in [1.807, 2.05) is 11.3 Å². The molecule has 0 aliphatic heterocycles. The molecule has 3 rings (SSSR count). The molecule has 68 valence electrons. The smallest absolute Gasteiger partial charge is 0.0421 e. The number of hydrogen-bond acceptors (Lipinski definition) is 1. The summed E-state index contributed by atoms with van der Waals surface area (Å²) in [4.78, 5) is 0. The van der Waals surface area contributed by atoms with Crippen LogP contribution in [-0.2, 0) is 0 Å². The molecule has 1 heterocycles. The van der Waals surface area contributed by atoms with Gasteiger partial charge in [-0.25, -0.2) is 0 Å². The molecule has 0 fully saturated rings. The minimum Gasteiger partial charge on any atom is -0.143 e. The molecule has 0 nitrogen and oxygen atoms in total. The van der Waals surface area contributed by atoms with Crippen LogP contribution >= 0.6 is 11.3 Å². The highest BCUT2D eigenvalue weighted by molar-refractivity contribution is 7.17. The summed E-state index contributed by atoms with van der Waals surface area (Å²) in [5.74, 6) is 0. The second-order valence-electron chi connectivity index (χ2n) is 3.63. The molecular formula is C13H10S. The lowest BCUT2D eigenvalue weighted by atomic mass is 10.2. The van der Waals surface area contributed by atoms with Gasteiger partial charge in [0, 0.05) is 4.70 Å². The van der Waals surface area contributed by atoms with Crippen LogP contribution in [0.2, 0.25) is 0 Å². The summed E-state index contributed by atoms with van der Waals surface area (Å²) in [7, 11) is 0. The van der Waals surface area contributed by atoms with Gasteiger partial charge in [0.05, 0.1) is 0 Å². The third-order valence-corrected chi connectivity index (χ3v) is 3.56. The maximum absolute atomic E-state index is 2.26. The summed E-state index contributed by atoms with van der Waals surface area (Å²) >= 11 is 1.82. The number of hydrogen-bond donors (Lipinski definition) is 0. The first-order valence-electron chi connectivity index (χ1n) is 4.71. The van der Waals surface area contributed by atoms with Gasteiger partial charge in [-0.1, -0.05) is 29.8 Å². The van der Waals surface area contributed by atoms with Gasteiger partial charge in [0.25, 0.3) is 0 Å². The van der Waals surface area contributed by atoms with Crippen LogP contribution in [0, 0.1) is 6.92 Å². The summed E-state index contributed by atoms with van der Waals surface area (Å²) < 4.78 is 1.41. The quantitative estimate of drug-likeness (QED) is 0.505. The maximum atomic E-state index is 2.26. The van der Waals surface area contributed by atoms with E-state index in [-0.39, 0.29) is 0 Å². The van der Waals surface area contributed by atoms with E-state index >= 15 is 0 Å². The van der Waals surface area contributed by atoms with Crippen LogP contribution in [-0.4, -0.2) is 0 Å². The van der Waals surface area contributed by atoms with E-state index in [1.165, 1.54) is 26.8 Å². The van der Waals surface area contributed by atoms with E-state index in [0.717, 1.165) is 0 Å². The van der Waals surface area contributed by atoms with Gasteiger partial charge in [-0.2, -0.15) is 0 Å². The molecule has 0 saturated carbocycles. The summed E-state index contributed by atoms with van der Waals surface area (Å²) in [5.41, 5.74) is 4.04. The van der Waals surface area contributed by atoms with Crippen LogP contribution < -0.4 is 0 Å². The highest BCUT2D eigenvalue weighted by Crippen LogP contribution is 2.36. The van der Waals surface area contributed by atoms with E-state index in [4.69, 9.17) is 0 Å². The fourth-order valence-corrected chi connectivity index (χ4v) is 2.76. The Labute approximate surface area is 87.2 Å². The molecule has 1 heteroatoms. The Kier molecular flexibility index (Phi) is 1.62. The van der Waals surface area contributed by atoms with Crippen LogP contribution in [0.5, 0.6) is 0 Å². The molecule has 0 amide bonds. The third kappa shape index (κ3) is 1.06. The lowest BCUT2D eigenvalue weighted by molar-refractivity contribution is 1.52.